The summed E-state index contributed by atoms with van der Waals surface area (Å²) < 4.78 is 0. The molecule has 2 aromatic rings. The molecule has 3 nitrogen and oxygen atoms in total. The Morgan fingerprint density at radius 1 is 1.19 bits per heavy atom. The van der Waals surface area contributed by atoms with E-state index in [2.05, 4.69) is 17.9 Å². The van der Waals surface area contributed by atoms with Gasteiger partial charge in [0.05, 0.1) is 5.75 Å². The lowest BCUT2D eigenvalue weighted by molar-refractivity contribution is -0.113. The molecule has 2 aromatic carbocycles. The van der Waals surface area contributed by atoms with Crippen LogP contribution in [0, 0.1) is 0 Å². The number of carbonyl (C=O) groups is 1. The third-order valence-corrected chi connectivity index (χ3v) is 2.66. The van der Waals surface area contributed by atoms with Crippen molar-refractivity contribution < 1.29 is 4.79 Å². The van der Waals surface area contributed by atoms with Crippen molar-refractivity contribution in [1.82, 2.24) is 0 Å². The highest BCUT2D eigenvalue weighted by molar-refractivity contribution is 7.81. The molecule has 16 heavy (non-hydrogen) atoms. The third-order valence-electron chi connectivity index (χ3n) is 2.37. The molecule has 3 N–H and O–H groups in total. The van der Waals surface area contributed by atoms with Crippen molar-refractivity contribution in [2.45, 2.75) is 0 Å². The fourth-order valence-electron chi connectivity index (χ4n) is 1.63. The standard InChI is InChI=1S/C12H12N2OS/c13-10-5-1-4-9-8(10)3-2-6-11(9)14-12(15)7-16/h1-6,16H,7,13H2,(H,14,15). The van der Waals surface area contributed by atoms with E-state index in [1.54, 1.807) is 0 Å². The van der Waals surface area contributed by atoms with E-state index in [4.69, 9.17) is 5.73 Å². The van der Waals surface area contributed by atoms with Crippen molar-refractivity contribution in [1.29, 1.82) is 0 Å². The predicted octanol–water partition coefficient (Wildman–Crippen LogP) is 2.29. The van der Waals surface area contributed by atoms with E-state index in [-0.39, 0.29) is 11.7 Å². The van der Waals surface area contributed by atoms with Gasteiger partial charge in [-0.05, 0) is 12.1 Å². The van der Waals surface area contributed by atoms with Crippen LogP contribution in [0.5, 0.6) is 0 Å². The Kier molecular flexibility index (Phi) is 3.01. The minimum atomic E-state index is -0.127. The highest BCUT2D eigenvalue weighted by Crippen LogP contribution is 2.27. The lowest BCUT2D eigenvalue weighted by Gasteiger charge is -2.08. The number of benzene rings is 2. The van der Waals surface area contributed by atoms with E-state index in [0.29, 0.717) is 5.69 Å². The normalized spacial score (nSPS) is 10.3. The topological polar surface area (TPSA) is 55.1 Å². The molecule has 0 fully saturated rings. The van der Waals surface area contributed by atoms with E-state index in [1.807, 2.05) is 36.4 Å². The maximum Gasteiger partial charge on any atom is 0.234 e. The van der Waals surface area contributed by atoms with Crippen LogP contribution >= 0.6 is 12.6 Å². The lowest BCUT2D eigenvalue weighted by Crippen LogP contribution is -2.12. The average Bonchev–Trinajstić information content (AvgIpc) is 2.30. The molecule has 2 rings (SSSR count). The Bertz CT molecular complexity index is 540. The van der Waals surface area contributed by atoms with Crippen LogP contribution < -0.4 is 11.1 Å². The molecule has 0 bridgehead atoms. The zero-order chi connectivity index (χ0) is 11.5. The van der Waals surface area contributed by atoms with Gasteiger partial charge in [0, 0.05) is 22.1 Å². The predicted molar refractivity (Wildman–Crippen MR) is 70.8 cm³/mol. The molecule has 4 heteroatoms. The number of hydrogen-bond donors (Lipinski definition) is 3. The monoisotopic (exact) mass is 232 g/mol. The van der Waals surface area contributed by atoms with Crippen molar-refractivity contribution in [3.05, 3.63) is 36.4 Å². The molecule has 0 spiro atoms. The van der Waals surface area contributed by atoms with Crippen molar-refractivity contribution in [2.75, 3.05) is 16.8 Å². The van der Waals surface area contributed by atoms with Crippen molar-refractivity contribution in [3.8, 4) is 0 Å². The summed E-state index contributed by atoms with van der Waals surface area (Å²) >= 11 is 3.92. The molecule has 0 aliphatic rings. The fourth-order valence-corrected chi connectivity index (χ4v) is 1.71. The smallest absolute Gasteiger partial charge is 0.234 e. The quantitative estimate of drug-likeness (QED) is 0.549. The Morgan fingerprint density at radius 3 is 2.62 bits per heavy atom. The van der Waals surface area contributed by atoms with Crippen LogP contribution in [0.15, 0.2) is 36.4 Å². The molecule has 0 aliphatic heterocycles. The van der Waals surface area contributed by atoms with E-state index >= 15 is 0 Å². The number of amides is 1. The SMILES string of the molecule is Nc1cccc2c(NC(=O)CS)cccc12. The maximum atomic E-state index is 11.3. The Hall–Kier alpha value is -1.68. The van der Waals surface area contributed by atoms with Crippen LogP contribution in [0.1, 0.15) is 0 Å². The molecule has 0 radical (unpaired) electrons. The van der Waals surface area contributed by atoms with Crippen molar-refractivity contribution in [2.24, 2.45) is 0 Å². The van der Waals surface area contributed by atoms with Gasteiger partial charge in [0.15, 0.2) is 0 Å². The molecule has 0 aliphatic carbocycles. The highest BCUT2D eigenvalue weighted by Gasteiger charge is 2.05. The molecule has 0 heterocycles. The van der Waals surface area contributed by atoms with Gasteiger partial charge in [0.2, 0.25) is 5.91 Å². The van der Waals surface area contributed by atoms with Gasteiger partial charge in [0.1, 0.15) is 0 Å². The second-order valence-corrected chi connectivity index (χ2v) is 3.77. The number of anilines is 2. The van der Waals surface area contributed by atoms with Gasteiger partial charge >= 0.3 is 0 Å². The van der Waals surface area contributed by atoms with Gasteiger partial charge in [-0.15, -0.1) is 0 Å². The molecule has 0 aromatic heterocycles. The minimum Gasteiger partial charge on any atom is -0.398 e. The summed E-state index contributed by atoms with van der Waals surface area (Å²) in [5.41, 5.74) is 7.34. The van der Waals surface area contributed by atoms with Crippen molar-refractivity contribution in [3.63, 3.8) is 0 Å². The fraction of sp³-hybridized carbons (Fsp3) is 0.0833. The number of fused-ring (bicyclic) bond motifs is 1. The summed E-state index contributed by atoms with van der Waals surface area (Å²) in [5.74, 6) is 0.0388. The number of rotatable bonds is 2. The zero-order valence-corrected chi connectivity index (χ0v) is 9.50. The molecular formula is C12H12N2OS. The third kappa shape index (κ3) is 1.97. The van der Waals surface area contributed by atoms with Gasteiger partial charge in [-0.1, -0.05) is 24.3 Å². The molecule has 82 valence electrons. The summed E-state index contributed by atoms with van der Waals surface area (Å²) in [6.07, 6.45) is 0. The second-order valence-electron chi connectivity index (χ2n) is 3.45. The minimum absolute atomic E-state index is 0.127. The van der Waals surface area contributed by atoms with Crippen LogP contribution in [-0.4, -0.2) is 11.7 Å². The van der Waals surface area contributed by atoms with Gasteiger partial charge in [0.25, 0.3) is 0 Å². The summed E-state index contributed by atoms with van der Waals surface area (Å²) in [6.45, 7) is 0. The molecule has 1 amide bonds. The van der Waals surface area contributed by atoms with E-state index in [1.165, 1.54) is 0 Å². The number of hydrogen-bond acceptors (Lipinski definition) is 3. The maximum absolute atomic E-state index is 11.3. The van der Waals surface area contributed by atoms with Gasteiger partial charge < -0.3 is 11.1 Å². The Morgan fingerprint density at radius 2 is 1.88 bits per heavy atom. The average molecular weight is 232 g/mol. The van der Waals surface area contributed by atoms with Gasteiger partial charge in [-0.2, -0.15) is 12.6 Å². The molecule has 0 saturated heterocycles. The number of nitrogen functional groups attached to an aromatic ring is 1. The number of nitrogens with two attached hydrogens (primary N) is 1. The van der Waals surface area contributed by atoms with Crippen LogP contribution in [0.3, 0.4) is 0 Å². The van der Waals surface area contributed by atoms with Gasteiger partial charge in [-0.25, -0.2) is 0 Å². The van der Waals surface area contributed by atoms with Crippen LogP contribution in [0.2, 0.25) is 0 Å². The Labute approximate surface area is 99.0 Å². The molecule has 0 unspecified atom stereocenters. The van der Waals surface area contributed by atoms with Crippen LogP contribution in [0.4, 0.5) is 11.4 Å². The molecule has 0 atom stereocenters. The van der Waals surface area contributed by atoms with Crippen molar-refractivity contribution >= 4 is 40.7 Å². The van der Waals surface area contributed by atoms with Crippen LogP contribution in [-0.2, 0) is 4.79 Å². The number of thiol groups is 1. The van der Waals surface area contributed by atoms with E-state index in [0.717, 1.165) is 16.5 Å². The number of nitrogens with one attached hydrogen (secondary N) is 1. The summed E-state index contributed by atoms with van der Waals surface area (Å²) in [4.78, 5) is 11.3. The highest BCUT2D eigenvalue weighted by atomic mass is 32.1. The molecule has 0 saturated carbocycles. The summed E-state index contributed by atoms with van der Waals surface area (Å²) in [5, 5.41) is 4.68. The summed E-state index contributed by atoms with van der Waals surface area (Å²) in [6, 6.07) is 11.3. The van der Waals surface area contributed by atoms with E-state index in [9.17, 15) is 4.79 Å². The molecular weight excluding hydrogens is 220 g/mol. The first-order chi connectivity index (χ1) is 7.72. The van der Waals surface area contributed by atoms with Crippen LogP contribution in [0.25, 0.3) is 10.8 Å². The van der Waals surface area contributed by atoms with E-state index < -0.39 is 0 Å². The first-order valence-corrected chi connectivity index (χ1v) is 5.53. The first-order valence-electron chi connectivity index (χ1n) is 4.90. The largest absolute Gasteiger partial charge is 0.398 e. The number of carbonyl (C=O) groups excluding carboxylic acids is 1. The lowest BCUT2D eigenvalue weighted by atomic mass is 10.1. The second kappa shape index (κ2) is 4.45. The first kappa shape index (κ1) is 10.8. The summed E-state index contributed by atoms with van der Waals surface area (Å²) in [7, 11) is 0. The van der Waals surface area contributed by atoms with Gasteiger partial charge in [-0.3, -0.25) is 4.79 Å². The Balaban J connectivity index is 2.54. The zero-order valence-electron chi connectivity index (χ0n) is 8.60.